The molecular weight excluding hydrogens is 384 g/mol. The maximum absolute atomic E-state index is 6.34. The van der Waals surface area contributed by atoms with Gasteiger partial charge >= 0.3 is 0 Å². The van der Waals surface area contributed by atoms with Crippen LogP contribution in [0.15, 0.2) is 87.8 Å². The van der Waals surface area contributed by atoms with Crippen molar-refractivity contribution in [3.8, 4) is 22.7 Å². The molecule has 0 unspecified atom stereocenters. The van der Waals surface area contributed by atoms with Gasteiger partial charge in [0.25, 0.3) is 0 Å². The van der Waals surface area contributed by atoms with Gasteiger partial charge in [0.1, 0.15) is 16.7 Å². The van der Waals surface area contributed by atoms with E-state index in [2.05, 4.69) is 54.1 Å². The second-order valence-electron chi connectivity index (χ2n) is 8.11. The molecule has 0 N–H and O–H groups in total. The van der Waals surface area contributed by atoms with Gasteiger partial charge in [-0.1, -0.05) is 44.2 Å². The molecule has 0 atom stereocenters. The topological polar surface area (TPSA) is 52.1 Å². The maximum Gasteiger partial charge on any atom is 0.227 e. The lowest BCUT2D eigenvalue weighted by Crippen LogP contribution is -1.90. The van der Waals surface area contributed by atoms with E-state index in [1.165, 1.54) is 5.56 Å². The molecule has 3 aromatic heterocycles. The minimum absolute atomic E-state index is 0.438. The second kappa shape index (κ2) is 6.81. The van der Waals surface area contributed by atoms with E-state index in [1.54, 1.807) is 0 Å². The molecule has 4 nitrogen and oxygen atoms in total. The highest BCUT2D eigenvalue weighted by atomic mass is 16.4. The molecule has 31 heavy (non-hydrogen) atoms. The van der Waals surface area contributed by atoms with Crippen molar-refractivity contribution < 1.29 is 8.83 Å². The van der Waals surface area contributed by atoms with Gasteiger partial charge in [0, 0.05) is 34.2 Å². The Labute approximate surface area is 179 Å². The highest BCUT2D eigenvalue weighted by molar-refractivity contribution is 6.12. The summed E-state index contributed by atoms with van der Waals surface area (Å²) in [5.74, 6) is 1.05. The predicted octanol–water partition coefficient (Wildman–Crippen LogP) is 7.58. The van der Waals surface area contributed by atoms with Gasteiger partial charge in [-0.3, -0.25) is 4.98 Å². The van der Waals surface area contributed by atoms with Crippen molar-refractivity contribution in [2.45, 2.75) is 19.8 Å². The summed E-state index contributed by atoms with van der Waals surface area (Å²) in [6.45, 7) is 4.37. The first kappa shape index (κ1) is 17.9. The van der Waals surface area contributed by atoms with E-state index in [4.69, 9.17) is 8.83 Å². The number of nitrogens with zero attached hydrogens (tertiary/aromatic N) is 2. The minimum Gasteiger partial charge on any atom is -0.455 e. The zero-order chi connectivity index (χ0) is 20.9. The number of rotatable bonds is 3. The predicted molar refractivity (Wildman–Crippen MR) is 124 cm³/mol. The Morgan fingerprint density at radius 1 is 0.774 bits per heavy atom. The number of hydrogen-bond donors (Lipinski definition) is 0. The molecule has 0 radical (unpaired) electrons. The van der Waals surface area contributed by atoms with Crippen LogP contribution in [0.2, 0.25) is 0 Å². The van der Waals surface area contributed by atoms with E-state index in [0.717, 1.165) is 49.9 Å². The molecule has 0 aliphatic carbocycles. The third-order valence-corrected chi connectivity index (χ3v) is 5.75. The molecule has 4 heteroatoms. The maximum atomic E-state index is 6.34. The van der Waals surface area contributed by atoms with Crippen molar-refractivity contribution in [1.29, 1.82) is 0 Å². The largest absolute Gasteiger partial charge is 0.455 e. The molecule has 6 rings (SSSR count). The van der Waals surface area contributed by atoms with Crippen LogP contribution < -0.4 is 0 Å². The fourth-order valence-electron chi connectivity index (χ4n) is 4.08. The lowest BCUT2D eigenvalue weighted by atomic mass is 10.0. The number of pyridine rings is 1. The fraction of sp³-hybridized carbons (Fsp3) is 0.111. The quantitative estimate of drug-likeness (QED) is 0.305. The number of oxazole rings is 1. The highest BCUT2D eigenvalue weighted by Gasteiger charge is 2.17. The van der Waals surface area contributed by atoms with E-state index in [-0.39, 0.29) is 0 Å². The van der Waals surface area contributed by atoms with Gasteiger partial charge in [0.15, 0.2) is 5.58 Å². The first-order valence-electron chi connectivity index (χ1n) is 10.4. The smallest absolute Gasteiger partial charge is 0.227 e. The van der Waals surface area contributed by atoms with E-state index >= 15 is 0 Å². The number of fused-ring (bicyclic) bond motifs is 4. The summed E-state index contributed by atoms with van der Waals surface area (Å²) in [5, 5.41) is 2.06. The minimum atomic E-state index is 0.438. The van der Waals surface area contributed by atoms with Crippen LogP contribution in [0.4, 0.5) is 0 Å². The number of para-hydroxylation sites is 1. The molecule has 0 saturated carbocycles. The average Bonchev–Trinajstić information content (AvgIpc) is 3.38. The summed E-state index contributed by atoms with van der Waals surface area (Å²) in [5.41, 5.74) is 7.29. The van der Waals surface area contributed by atoms with Gasteiger partial charge in [-0.25, -0.2) is 4.98 Å². The Morgan fingerprint density at radius 3 is 2.48 bits per heavy atom. The number of hydrogen-bond acceptors (Lipinski definition) is 4. The Hall–Kier alpha value is -3.92. The molecule has 0 amide bonds. The molecule has 3 heterocycles. The Kier molecular flexibility index (Phi) is 3.93. The molecule has 3 aromatic carbocycles. The molecule has 0 fully saturated rings. The second-order valence-corrected chi connectivity index (χ2v) is 8.11. The van der Waals surface area contributed by atoms with Gasteiger partial charge in [0.05, 0.1) is 5.69 Å². The first-order valence-corrected chi connectivity index (χ1v) is 10.4. The lowest BCUT2D eigenvalue weighted by Gasteiger charge is -2.07. The standard InChI is InChI=1S/C27H20N2O2/c1-16(2)18-11-12-28-22(13-18)20-10-6-9-19-21-14-25-23(15-24(21)30-26(19)20)29-27(31-25)17-7-4-3-5-8-17/h3-16H,1-2H3. The summed E-state index contributed by atoms with van der Waals surface area (Å²) in [6, 6.07) is 24.3. The van der Waals surface area contributed by atoms with Crippen LogP contribution in [0.3, 0.4) is 0 Å². The van der Waals surface area contributed by atoms with Crippen molar-refractivity contribution in [3.63, 3.8) is 0 Å². The van der Waals surface area contributed by atoms with Crippen molar-refractivity contribution in [2.75, 3.05) is 0 Å². The van der Waals surface area contributed by atoms with Crippen LogP contribution in [0.5, 0.6) is 0 Å². The van der Waals surface area contributed by atoms with E-state index in [9.17, 15) is 0 Å². The van der Waals surface area contributed by atoms with Crippen LogP contribution in [0.1, 0.15) is 25.3 Å². The summed E-state index contributed by atoms with van der Waals surface area (Å²) >= 11 is 0. The van der Waals surface area contributed by atoms with E-state index in [0.29, 0.717) is 11.8 Å². The van der Waals surface area contributed by atoms with Crippen molar-refractivity contribution in [3.05, 3.63) is 84.6 Å². The van der Waals surface area contributed by atoms with E-state index in [1.807, 2.05) is 48.7 Å². The van der Waals surface area contributed by atoms with Gasteiger partial charge in [-0.05, 0) is 47.9 Å². The normalized spacial score (nSPS) is 11.8. The van der Waals surface area contributed by atoms with Crippen molar-refractivity contribution in [2.24, 2.45) is 0 Å². The molecule has 0 aliphatic heterocycles. The zero-order valence-corrected chi connectivity index (χ0v) is 17.3. The van der Waals surface area contributed by atoms with Gasteiger partial charge < -0.3 is 8.83 Å². The molecular formula is C27H20N2O2. The molecule has 0 aliphatic rings. The highest BCUT2D eigenvalue weighted by Crippen LogP contribution is 2.38. The number of benzene rings is 3. The van der Waals surface area contributed by atoms with Gasteiger partial charge in [-0.15, -0.1) is 0 Å². The molecule has 0 saturated heterocycles. The van der Waals surface area contributed by atoms with Crippen molar-refractivity contribution in [1.82, 2.24) is 9.97 Å². The van der Waals surface area contributed by atoms with Crippen LogP contribution in [0, 0.1) is 0 Å². The third kappa shape index (κ3) is 2.91. The lowest BCUT2D eigenvalue weighted by molar-refractivity contribution is 0.620. The first-order chi connectivity index (χ1) is 15.2. The van der Waals surface area contributed by atoms with Crippen LogP contribution in [-0.2, 0) is 0 Å². The molecule has 150 valence electrons. The number of furan rings is 1. The SMILES string of the molecule is CC(C)c1ccnc(-c2cccc3c2oc2cc4nc(-c5ccccc5)oc4cc23)c1. The summed E-state index contributed by atoms with van der Waals surface area (Å²) < 4.78 is 12.4. The monoisotopic (exact) mass is 404 g/mol. The van der Waals surface area contributed by atoms with Crippen LogP contribution in [-0.4, -0.2) is 9.97 Å². The molecule has 0 spiro atoms. The molecule has 0 bridgehead atoms. The zero-order valence-electron chi connectivity index (χ0n) is 17.3. The average molecular weight is 404 g/mol. The Bertz CT molecular complexity index is 1560. The van der Waals surface area contributed by atoms with Gasteiger partial charge in [-0.2, -0.15) is 0 Å². The van der Waals surface area contributed by atoms with Crippen LogP contribution in [0.25, 0.3) is 55.7 Å². The third-order valence-electron chi connectivity index (χ3n) is 5.75. The summed E-state index contributed by atoms with van der Waals surface area (Å²) in [7, 11) is 0. The summed E-state index contributed by atoms with van der Waals surface area (Å²) in [4.78, 5) is 9.29. The summed E-state index contributed by atoms with van der Waals surface area (Å²) in [6.07, 6.45) is 1.87. The Morgan fingerprint density at radius 2 is 1.65 bits per heavy atom. The Balaban J connectivity index is 1.55. The van der Waals surface area contributed by atoms with Crippen molar-refractivity contribution >= 4 is 33.0 Å². The van der Waals surface area contributed by atoms with E-state index < -0.39 is 0 Å². The van der Waals surface area contributed by atoms with Gasteiger partial charge in [0.2, 0.25) is 5.89 Å². The number of aromatic nitrogens is 2. The van der Waals surface area contributed by atoms with Crippen LogP contribution >= 0.6 is 0 Å². The fourth-order valence-corrected chi connectivity index (χ4v) is 4.08. The molecule has 6 aromatic rings.